The molecule has 3 aromatic carbocycles. The number of hydrogen-bond acceptors (Lipinski definition) is 4. The fourth-order valence-corrected chi connectivity index (χ4v) is 5.05. The van der Waals surface area contributed by atoms with Crippen molar-refractivity contribution in [1.29, 1.82) is 0 Å². The molecule has 0 N–H and O–H groups in total. The van der Waals surface area contributed by atoms with E-state index in [1.807, 2.05) is 54.6 Å². The van der Waals surface area contributed by atoms with Crippen molar-refractivity contribution in [3.63, 3.8) is 0 Å². The van der Waals surface area contributed by atoms with Gasteiger partial charge in [0.05, 0.1) is 11.9 Å². The first-order valence-corrected chi connectivity index (χ1v) is 11.9. The zero-order chi connectivity index (χ0) is 22.0. The maximum Gasteiger partial charge on any atom is 0.250 e. The Bertz CT molecular complexity index is 1180. The van der Waals surface area contributed by atoms with E-state index in [4.69, 9.17) is 4.74 Å². The minimum atomic E-state index is -3.70. The average Bonchev–Trinajstić information content (AvgIpc) is 3.18. The highest BCUT2D eigenvalue weighted by Crippen LogP contribution is 2.31. The predicted molar refractivity (Wildman–Crippen MR) is 122 cm³/mol. The molecule has 7 heteroatoms. The van der Waals surface area contributed by atoms with Crippen LogP contribution in [0.4, 0.5) is 11.4 Å². The van der Waals surface area contributed by atoms with Crippen LogP contribution in [-0.4, -0.2) is 33.2 Å². The number of nitrogens with zero attached hydrogens (tertiary/aromatic N) is 2. The second-order valence-electron chi connectivity index (χ2n) is 7.51. The molecular formula is C24H24N2O4S. The number of carbonyl (C=O) groups excluding carboxylic acids is 1. The van der Waals surface area contributed by atoms with Crippen LogP contribution in [0, 0.1) is 0 Å². The normalized spacial score (nSPS) is 14.1. The van der Waals surface area contributed by atoms with Crippen LogP contribution in [-0.2, 0) is 21.2 Å². The van der Waals surface area contributed by atoms with E-state index in [-0.39, 0.29) is 5.91 Å². The Morgan fingerprint density at radius 1 is 0.935 bits per heavy atom. The molecule has 0 saturated carbocycles. The smallest absolute Gasteiger partial charge is 0.250 e. The van der Waals surface area contributed by atoms with Crippen molar-refractivity contribution in [1.82, 2.24) is 0 Å². The second-order valence-corrected chi connectivity index (χ2v) is 9.37. The lowest BCUT2D eigenvalue weighted by Crippen LogP contribution is -2.49. The molecule has 0 radical (unpaired) electrons. The van der Waals surface area contributed by atoms with Crippen LogP contribution in [0.5, 0.6) is 11.5 Å². The largest absolute Gasteiger partial charge is 0.457 e. The maximum absolute atomic E-state index is 13.3. The molecule has 0 fully saturated rings. The molecule has 0 bridgehead atoms. The van der Waals surface area contributed by atoms with E-state index < -0.39 is 16.1 Å². The molecule has 1 atom stereocenters. The predicted octanol–water partition coefficient (Wildman–Crippen LogP) is 4.22. The summed E-state index contributed by atoms with van der Waals surface area (Å²) in [5.74, 6) is 1.02. The second kappa shape index (κ2) is 8.43. The van der Waals surface area contributed by atoms with Gasteiger partial charge in [-0.05, 0) is 61.4 Å². The van der Waals surface area contributed by atoms with Crippen LogP contribution in [0.15, 0.2) is 78.9 Å². The van der Waals surface area contributed by atoms with Crippen LogP contribution in [0.25, 0.3) is 0 Å². The van der Waals surface area contributed by atoms with Crippen molar-refractivity contribution in [2.45, 2.75) is 19.4 Å². The molecule has 0 saturated heterocycles. The van der Waals surface area contributed by atoms with Crippen LogP contribution < -0.4 is 13.9 Å². The minimum absolute atomic E-state index is 0.250. The molecule has 160 valence electrons. The van der Waals surface area contributed by atoms with Crippen molar-refractivity contribution in [2.24, 2.45) is 0 Å². The SMILES string of the molecule is C[C@@H](C(=O)N1CCc2ccccc21)N(c1ccc(Oc2ccccc2)cc1)S(C)(=O)=O. The van der Waals surface area contributed by atoms with Gasteiger partial charge in [0.2, 0.25) is 10.0 Å². The lowest BCUT2D eigenvalue weighted by Gasteiger charge is -2.31. The fraction of sp³-hybridized carbons (Fsp3) is 0.208. The molecule has 0 aliphatic carbocycles. The number of ether oxygens (including phenoxy) is 1. The van der Waals surface area contributed by atoms with Gasteiger partial charge in [-0.15, -0.1) is 0 Å². The van der Waals surface area contributed by atoms with Crippen molar-refractivity contribution in [3.8, 4) is 11.5 Å². The number of hydrogen-bond donors (Lipinski definition) is 0. The molecule has 4 rings (SSSR count). The number of para-hydroxylation sites is 2. The Labute approximate surface area is 182 Å². The molecule has 0 aromatic heterocycles. The van der Waals surface area contributed by atoms with Gasteiger partial charge in [-0.1, -0.05) is 36.4 Å². The highest BCUT2D eigenvalue weighted by Gasteiger charge is 2.34. The summed E-state index contributed by atoms with van der Waals surface area (Å²) in [6.07, 6.45) is 1.88. The lowest BCUT2D eigenvalue weighted by molar-refractivity contribution is -0.119. The van der Waals surface area contributed by atoms with E-state index in [9.17, 15) is 13.2 Å². The molecule has 0 unspecified atom stereocenters. The molecule has 6 nitrogen and oxygen atoms in total. The van der Waals surface area contributed by atoms with Gasteiger partial charge in [-0.25, -0.2) is 8.42 Å². The molecule has 1 aliphatic heterocycles. The number of fused-ring (bicyclic) bond motifs is 1. The van der Waals surface area contributed by atoms with Crippen LogP contribution in [0.2, 0.25) is 0 Å². The highest BCUT2D eigenvalue weighted by atomic mass is 32.2. The third-order valence-electron chi connectivity index (χ3n) is 5.29. The zero-order valence-electron chi connectivity index (χ0n) is 17.4. The summed E-state index contributed by atoms with van der Waals surface area (Å²) in [7, 11) is -3.70. The molecule has 1 aliphatic rings. The van der Waals surface area contributed by atoms with E-state index in [2.05, 4.69) is 0 Å². The summed E-state index contributed by atoms with van der Waals surface area (Å²) >= 11 is 0. The summed E-state index contributed by atoms with van der Waals surface area (Å²) < 4.78 is 32.2. The summed E-state index contributed by atoms with van der Waals surface area (Å²) in [5.41, 5.74) is 2.35. The van der Waals surface area contributed by atoms with Crippen LogP contribution in [0.3, 0.4) is 0 Å². The van der Waals surface area contributed by atoms with E-state index in [0.29, 0.717) is 23.7 Å². The third kappa shape index (κ3) is 4.41. The Morgan fingerprint density at radius 3 is 2.23 bits per heavy atom. The van der Waals surface area contributed by atoms with Crippen molar-refractivity contribution in [2.75, 3.05) is 22.0 Å². The maximum atomic E-state index is 13.3. The molecule has 3 aromatic rings. The van der Waals surface area contributed by atoms with Gasteiger partial charge in [0.1, 0.15) is 17.5 Å². The first-order chi connectivity index (χ1) is 14.8. The summed E-state index contributed by atoms with van der Waals surface area (Å²) in [6, 6.07) is 22.9. The van der Waals surface area contributed by atoms with Crippen molar-refractivity contribution in [3.05, 3.63) is 84.4 Å². The highest BCUT2D eigenvalue weighted by molar-refractivity contribution is 7.92. The monoisotopic (exact) mass is 436 g/mol. The Hall–Kier alpha value is -3.32. The third-order valence-corrected chi connectivity index (χ3v) is 6.53. The van der Waals surface area contributed by atoms with Gasteiger partial charge in [-0.3, -0.25) is 9.10 Å². The van der Waals surface area contributed by atoms with E-state index in [1.54, 1.807) is 36.1 Å². The van der Waals surface area contributed by atoms with E-state index in [0.717, 1.165) is 23.9 Å². The van der Waals surface area contributed by atoms with Crippen LogP contribution in [0.1, 0.15) is 12.5 Å². The van der Waals surface area contributed by atoms with E-state index in [1.165, 1.54) is 4.31 Å². The van der Waals surface area contributed by atoms with Gasteiger partial charge in [0.25, 0.3) is 5.91 Å². The van der Waals surface area contributed by atoms with Crippen molar-refractivity contribution >= 4 is 27.3 Å². The van der Waals surface area contributed by atoms with Gasteiger partial charge in [0.15, 0.2) is 0 Å². The summed E-state index contributed by atoms with van der Waals surface area (Å²) in [4.78, 5) is 14.9. The lowest BCUT2D eigenvalue weighted by atomic mass is 10.2. The Morgan fingerprint density at radius 2 is 1.55 bits per heavy atom. The number of carbonyl (C=O) groups is 1. The zero-order valence-corrected chi connectivity index (χ0v) is 18.2. The molecule has 1 amide bonds. The van der Waals surface area contributed by atoms with Gasteiger partial charge in [0, 0.05) is 12.2 Å². The van der Waals surface area contributed by atoms with Crippen LogP contribution >= 0.6 is 0 Å². The number of amides is 1. The standard InChI is InChI=1S/C24H24N2O4S/c1-18(24(27)25-17-16-19-8-6-7-11-23(19)25)26(31(2,28)29)20-12-14-22(15-13-20)30-21-9-4-3-5-10-21/h3-15,18H,16-17H2,1-2H3/t18-/m0/s1. The number of benzene rings is 3. The number of sulfonamides is 1. The minimum Gasteiger partial charge on any atom is -0.457 e. The molecular weight excluding hydrogens is 412 g/mol. The average molecular weight is 437 g/mol. The first kappa shape index (κ1) is 20.9. The van der Waals surface area contributed by atoms with E-state index >= 15 is 0 Å². The van der Waals surface area contributed by atoms with Crippen molar-refractivity contribution < 1.29 is 17.9 Å². The number of rotatable bonds is 6. The van der Waals surface area contributed by atoms with Gasteiger partial charge >= 0.3 is 0 Å². The fourth-order valence-electron chi connectivity index (χ4n) is 3.88. The molecule has 1 heterocycles. The Balaban J connectivity index is 1.58. The summed E-state index contributed by atoms with van der Waals surface area (Å²) in [5, 5.41) is 0. The Kier molecular flexibility index (Phi) is 5.69. The number of anilines is 2. The van der Waals surface area contributed by atoms with Gasteiger partial charge < -0.3 is 9.64 Å². The summed E-state index contributed by atoms with van der Waals surface area (Å²) in [6.45, 7) is 2.17. The molecule has 0 spiro atoms. The molecule has 31 heavy (non-hydrogen) atoms. The topological polar surface area (TPSA) is 66.9 Å². The van der Waals surface area contributed by atoms with Gasteiger partial charge in [-0.2, -0.15) is 0 Å². The quantitative estimate of drug-likeness (QED) is 0.580. The first-order valence-electron chi connectivity index (χ1n) is 10.1.